The first-order chi connectivity index (χ1) is 8.99. The molecule has 0 aliphatic carbocycles. The Balaban J connectivity index is 2.74. The molecule has 0 fully saturated rings. The molecular weight excluding hydrogens is 257 g/mol. The summed E-state index contributed by atoms with van der Waals surface area (Å²) in [7, 11) is 0. The number of benzene rings is 1. The summed E-state index contributed by atoms with van der Waals surface area (Å²) in [4.78, 5) is 10.5. The van der Waals surface area contributed by atoms with Crippen LogP contribution in [0.2, 0.25) is 0 Å². The van der Waals surface area contributed by atoms with E-state index in [0.717, 1.165) is 31.7 Å². The van der Waals surface area contributed by atoms with Crippen LogP contribution in [0.1, 0.15) is 48.5 Å². The number of hydrogen-bond donors (Lipinski definition) is 0. The van der Waals surface area contributed by atoms with Gasteiger partial charge in [0.2, 0.25) is 0 Å². The first-order valence-corrected chi connectivity index (χ1v) is 6.28. The van der Waals surface area contributed by atoms with Crippen LogP contribution < -0.4 is 4.74 Å². The van der Waals surface area contributed by atoms with Gasteiger partial charge >= 0.3 is 6.18 Å². The zero-order chi connectivity index (χ0) is 14.3. The Labute approximate surface area is 110 Å². The highest BCUT2D eigenvalue weighted by Crippen LogP contribution is 2.36. The second kappa shape index (κ2) is 7.16. The maximum absolute atomic E-state index is 12.8. The summed E-state index contributed by atoms with van der Waals surface area (Å²) >= 11 is 0. The van der Waals surface area contributed by atoms with Crippen molar-refractivity contribution in [2.45, 2.75) is 38.8 Å². The van der Waals surface area contributed by atoms with Crippen molar-refractivity contribution in [1.29, 1.82) is 0 Å². The van der Waals surface area contributed by atoms with Gasteiger partial charge in [0.15, 0.2) is 0 Å². The van der Waals surface area contributed by atoms with Crippen molar-refractivity contribution in [1.82, 2.24) is 0 Å². The van der Waals surface area contributed by atoms with Gasteiger partial charge < -0.3 is 4.74 Å². The molecule has 0 aromatic heterocycles. The van der Waals surface area contributed by atoms with Crippen molar-refractivity contribution >= 4 is 6.29 Å². The van der Waals surface area contributed by atoms with Crippen LogP contribution in [-0.4, -0.2) is 12.9 Å². The van der Waals surface area contributed by atoms with Gasteiger partial charge in [-0.15, -0.1) is 0 Å². The minimum Gasteiger partial charge on any atom is -0.493 e. The third-order valence-corrected chi connectivity index (χ3v) is 2.70. The van der Waals surface area contributed by atoms with Crippen molar-refractivity contribution < 1.29 is 22.7 Å². The normalized spacial score (nSPS) is 11.4. The molecule has 0 atom stereocenters. The molecule has 0 aliphatic rings. The topological polar surface area (TPSA) is 26.3 Å². The van der Waals surface area contributed by atoms with Crippen LogP contribution >= 0.6 is 0 Å². The molecule has 1 aromatic rings. The molecule has 0 unspecified atom stereocenters. The van der Waals surface area contributed by atoms with E-state index in [4.69, 9.17) is 4.74 Å². The van der Waals surface area contributed by atoms with Crippen LogP contribution in [-0.2, 0) is 6.18 Å². The highest BCUT2D eigenvalue weighted by Gasteiger charge is 2.34. The minimum absolute atomic E-state index is 0.00865. The summed E-state index contributed by atoms with van der Waals surface area (Å²) in [6.45, 7) is 2.31. The maximum atomic E-state index is 12.8. The monoisotopic (exact) mass is 274 g/mol. The molecule has 1 rings (SSSR count). The van der Waals surface area contributed by atoms with E-state index in [1.165, 1.54) is 12.1 Å². The smallest absolute Gasteiger partial charge is 0.419 e. The third kappa shape index (κ3) is 4.93. The maximum Gasteiger partial charge on any atom is 0.419 e. The quantitative estimate of drug-likeness (QED) is 0.541. The molecule has 1 aromatic carbocycles. The standard InChI is InChI=1S/C14H17F3O2/c1-2-3-4-5-8-19-13-7-6-11(10-18)9-12(13)14(15,16)17/h6-7,9-10H,2-5,8H2,1H3. The zero-order valence-electron chi connectivity index (χ0n) is 10.8. The van der Waals surface area contributed by atoms with Gasteiger partial charge in [-0.1, -0.05) is 26.2 Å². The molecule has 5 heteroatoms. The van der Waals surface area contributed by atoms with Gasteiger partial charge in [-0.2, -0.15) is 13.2 Å². The summed E-state index contributed by atoms with van der Waals surface area (Å²) in [5.41, 5.74) is -0.904. The summed E-state index contributed by atoms with van der Waals surface area (Å²) in [6, 6.07) is 3.34. The molecule has 0 spiro atoms. The molecule has 0 radical (unpaired) electrons. The van der Waals surface area contributed by atoms with Crippen LogP contribution in [0.15, 0.2) is 18.2 Å². The molecular formula is C14H17F3O2. The van der Waals surface area contributed by atoms with Gasteiger partial charge in [-0.25, -0.2) is 0 Å². The molecule has 0 heterocycles. The summed E-state index contributed by atoms with van der Waals surface area (Å²) in [6.07, 6.45) is -0.371. The third-order valence-electron chi connectivity index (χ3n) is 2.70. The SMILES string of the molecule is CCCCCCOc1ccc(C=O)cc1C(F)(F)F. The number of carbonyl (C=O) groups excluding carboxylic acids is 1. The van der Waals surface area contributed by atoms with Crippen molar-refractivity contribution in [2.75, 3.05) is 6.61 Å². The Morgan fingerprint density at radius 2 is 1.95 bits per heavy atom. The molecule has 0 aliphatic heterocycles. The van der Waals surface area contributed by atoms with Gasteiger partial charge in [0.05, 0.1) is 12.2 Å². The van der Waals surface area contributed by atoms with Crippen molar-refractivity contribution in [2.24, 2.45) is 0 Å². The number of carbonyl (C=O) groups is 1. The second-order valence-electron chi connectivity index (χ2n) is 4.28. The van der Waals surface area contributed by atoms with E-state index in [0.29, 0.717) is 6.29 Å². The number of rotatable bonds is 7. The first-order valence-electron chi connectivity index (χ1n) is 6.28. The molecule has 106 valence electrons. The Hall–Kier alpha value is -1.52. The highest BCUT2D eigenvalue weighted by molar-refractivity contribution is 5.75. The first kappa shape index (κ1) is 15.5. The zero-order valence-corrected chi connectivity index (χ0v) is 10.8. The summed E-state index contributed by atoms with van der Waals surface area (Å²) in [5.74, 6) is -0.213. The second-order valence-corrected chi connectivity index (χ2v) is 4.28. The predicted octanol–water partition coefficient (Wildman–Crippen LogP) is 4.48. The number of alkyl halides is 3. The lowest BCUT2D eigenvalue weighted by molar-refractivity contribution is -0.139. The van der Waals surface area contributed by atoms with Gasteiger partial charge in [0.25, 0.3) is 0 Å². The molecule has 19 heavy (non-hydrogen) atoms. The lowest BCUT2D eigenvalue weighted by Gasteiger charge is -2.14. The molecule has 0 saturated heterocycles. The molecule has 0 saturated carbocycles. The number of unbranched alkanes of at least 4 members (excludes halogenated alkanes) is 3. The lowest BCUT2D eigenvalue weighted by Crippen LogP contribution is -2.10. The van der Waals surface area contributed by atoms with E-state index in [-0.39, 0.29) is 17.9 Å². The predicted molar refractivity (Wildman–Crippen MR) is 66.5 cm³/mol. The Morgan fingerprint density at radius 3 is 2.53 bits per heavy atom. The van der Waals surface area contributed by atoms with Crippen LogP contribution in [0, 0.1) is 0 Å². The Morgan fingerprint density at radius 1 is 1.21 bits per heavy atom. The van der Waals surface area contributed by atoms with E-state index >= 15 is 0 Å². The van der Waals surface area contributed by atoms with Gasteiger partial charge in [-0.3, -0.25) is 4.79 Å². The molecule has 0 amide bonds. The largest absolute Gasteiger partial charge is 0.493 e. The Bertz CT molecular complexity index is 414. The Kier molecular flexibility index (Phi) is 5.86. The average Bonchev–Trinajstić information content (AvgIpc) is 2.37. The van der Waals surface area contributed by atoms with E-state index in [2.05, 4.69) is 6.92 Å². The highest BCUT2D eigenvalue weighted by atomic mass is 19.4. The van der Waals surface area contributed by atoms with Crippen molar-refractivity contribution in [3.8, 4) is 5.75 Å². The fourth-order valence-corrected chi connectivity index (χ4v) is 1.68. The lowest BCUT2D eigenvalue weighted by atomic mass is 10.1. The van der Waals surface area contributed by atoms with Crippen LogP contribution in [0.5, 0.6) is 5.75 Å². The van der Waals surface area contributed by atoms with Crippen LogP contribution in [0.4, 0.5) is 13.2 Å². The van der Waals surface area contributed by atoms with Crippen LogP contribution in [0.3, 0.4) is 0 Å². The average molecular weight is 274 g/mol. The summed E-state index contributed by atoms with van der Waals surface area (Å²) in [5, 5.41) is 0. The fraction of sp³-hybridized carbons (Fsp3) is 0.500. The minimum atomic E-state index is -4.52. The number of halogens is 3. The van der Waals surface area contributed by atoms with Gasteiger partial charge in [0.1, 0.15) is 12.0 Å². The molecule has 2 nitrogen and oxygen atoms in total. The fourth-order valence-electron chi connectivity index (χ4n) is 1.68. The molecule has 0 N–H and O–H groups in total. The number of aldehydes is 1. The summed E-state index contributed by atoms with van der Waals surface area (Å²) < 4.78 is 43.6. The van der Waals surface area contributed by atoms with Crippen LogP contribution in [0.25, 0.3) is 0 Å². The van der Waals surface area contributed by atoms with Crippen molar-refractivity contribution in [3.05, 3.63) is 29.3 Å². The van der Waals surface area contributed by atoms with E-state index in [9.17, 15) is 18.0 Å². The number of hydrogen-bond acceptors (Lipinski definition) is 2. The van der Waals surface area contributed by atoms with Gasteiger partial charge in [0, 0.05) is 5.56 Å². The number of ether oxygens (including phenoxy) is 1. The molecule has 0 bridgehead atoms. The van der Waals surface area contributed by atoms with E-state index in [1.54, 1.807) is 0 Å². The van der Waals surface area contributed by atoms with E-state index < -0.39 is 11.7 Å². The van der Waals surface area contributed by atoms with E-state index in [1.807, 2.05) is 0 Å². The van der Waals surface area contributed by atoms with Crippen molar-refractivity contribution in [3.63, 3.8) is 0 Å². The van der Waals surface area contributed by atoms with Gasteiger partial charge in [-0.05, 0) is 24.6 Å².